The van der Waals surface area contributed by atoms with Gasteiger partial charge in [-0.2, -0.15) is 0 Å². The molecular weight excluding hydrogens is 250 g/mol. The molecule has 3 nitrogen and oxygen atoms in total. The summed E-state index contributed by atoms with van der Waals surface area (Å²) in [5.74, 6) is 0.754. The van der Waals surface area contributed by atoms with Crippen molar-refractivity contribution >= 4 is 0 Å². The number of benzene rings is 1. The molecule has 0 radical (unpaired) electrons. The van der Waals surface area contributed by atoms with Gasteiger partial charge in [-0.3, -0.25) is 0 Å². The molecule has 1 aromatic rings. The summed E-state index contributed by atoms with van der Waals surface area (Å²) in [7, 11) is 0. The first-order valence-corrected chi connectivity index (χ1v) is 7.67. The Labute approximate surface area is 122 Å². The van der Waals surface area contributed by atoms with Crippen molar-refractivity contribution in [3.8, 4) is 0 Å². The van der Waals surface area contributed by atoms with E-state index in [1.165, 1.54) is 18.4 Å². The van der Waals surface area contributed by atoms with Gasteiger partial charge in [0.15, 0.2) is 0 Å². The fourth-order valence-corrected chi connectivity index (χ4v) is 2.80. The molecule has 1 saturated heterocycles. The van der Waals surface area contributed by atoms with Crippen molar-refractivity contribution in [3.63, 3.8) is 0 Å². The minimum absolute atomic E-state index is 0.384. The van der Waals surface area contributed by atoms with Crippen LogP contribution in [0.3, 0.4) is 0 Å². The molecule has 112 valence electrons. The number of aliphatic hydroxyl groups excluding tert-OH is 1. The Hall–Kier alpha value is -0.900. The van der Waals surface area contributed by atoms with Gasteiger partial charge in [0.1, 0.15) is 0 Å². The van der Waals surface area contributed by atoms with Crippen molar-refractivity contribution in [1.82, 2.24) is 4.90 Å². The summed E-state index contributed by atoms with van der Waals surface area (Å²) < 4.78 is 5.61. The Balaban J connectivity index is 1.64. The molecule has 1 aliphatic rings. The highest BCUT2D eigenvalue weighted by Gasteiger charge is 2.18. The SMILES string of the molecule is Cc1ccc(COC[C@@H](O)CN2CCC[C@H](C)C2)cc1. The first-order valence-electron chi connectivity index (χ1n) is 7.67. The largest absolute Gasteiger partial charge is 0.389 e. The number of β-amino-alcohol motifs (C(OH)–C–C–N with tert-alkyl or cyclic N) is 1. The maximum Gasteiger partial charge on any atom is 0.0900 e. The van der Waals surface area contributed by atoms with Gasteiger partial charge in [-0.1, -0.05) is 36.8 Å². The monoisotopic (exact) mass is 277 g/mol. The third kappa shape index (κ3) is 5.23. The molecule has 1 heterocycles. The number of hydrogen-bond acceptors (Lipinski definition) is 3. The van der Waals surface area contributed by atoms with Crippen LogP contribution in [0.5, 0.6) is 0 Å². The zero-order valence-corrected chi connectivity index (χ0v) is 12.7. The van der Waals surface area contributed by atoms with E-state index in [1.54, 1.807) is 0 Å². The molecule has 0 amide bonds. The molecule has 0 aliphatic carbocycles. The first-order chi connectivity index (χ1) is 9.63. The molecule has 1 N–H and O–H groups in total. The number of likely N-dealkylation sites (tertiary alicyclic amines) is 1. The smallest absolute Gasteiger partial charge is 0.0900 e. The average Bonchev–Trinajstić information content (AvgIpc) is 2.41. The van der Waals surface area contributed by atoms with Crippen LogP contribution in [0.15, 0.2) is 24.3 Å². The van der Waals surface area contributed by atoms with Gasteiger partial charge in [-0.25, -0.2) is 0 Å². The van der Waals surface area contributed by atoms with E-state index in [4.69, 9.17) is 4.74 Å². The van der Waals surface area contributed by atoms with Gasteiger partial charge in [-0.05, 0) is 37.8 Å². The van der Waals surface area contributed by atoms with Crippen LogP contribution in [0.1, 0.15) is 30.9 Å². The quantitative estimate of drug-likeness (QED) is 0.867. The summed E-state index contributed by atoms with van der Waals surface area (Å²) in [5, 5.41) is 10.0. The molecule has 3 heteroatoms. The minimum Gasteiger partial charge on any atom is -0.389 e. The number of aliphatic hydroxyl groups is 1. The summed E-state index contributed by atoms with van der Waals surface area (Å²) in [6.07, 6.45) is 2.18. The highest BCUT2D eigenvalue weighted by atomic mass is 16.5. The summed E-state index contributed by atoms with van der Waals surface area (Å²) >= 11 is 0. The van der Waals surface area contributed by atoms with Crippen LogP contribution in [0.25, 0.3) is 0 Å². The van der Waals surface area contributed by atoms with Gasteiger partial charge < -0.3 is 14.7 Å². The van der Waals surface area contributed by atoms with E-state index in [-0.39, 0.29) is 6.10 Å². The third-order valence-corrected chi connectivity index (χ3v) is 3.91. The number of hydrogen-bond donors (Lipinski definition) is 1. The van der Waals surface area contributed by atoms with E-state index < -0.39 is 0 Å². The van der Waals surface area contributed by atoms with Gasteiger partial charge >= 0.3 is 0 Å². The lowest BCUT2D eigenvalue weighted by molar-refractivity contribution is 0.00377. The molecule has 0 aromatic heterocycles. The Kier molecular flexibility index (Phi) is 6.02. The van der Waals surface area contributed by atoms with Crippen LogP contribution >= 0.6 is 0 Å². The van der Waals surface area contributed by atoms with Crippen LogP contribution in [0.2, 0.25) is 0 Å². The van der Waals surface area contributed by atoms with E-state index in [9.17, 15) is 5.11 Å². The minimum atomic E-state index is -0.384. The topological polar surface area (TPSA) is 32.7 Å². The highest BCUT2D eigenvalue weighted by molar-refractivity contribution is 5.20. The second-order valence-electron chi connectivity index (χ2n) is 6.16. The second-order valence-corrected chi connectivity index (χ2v) is 6.16. The second kappa shape index (κ2) is 7.77. The van der Waals surface area contributed by atoms with E-state index in [1.807, 2.05) is 0 Å². The summed E-state index contributed by atoms with van der Waals surface area (Å²) in [6, 6.07) is 8.33. The highest BCUT2D eigenvalue weighted by Crippen LogP contribution is 2.15. The standard InChI is InChI=1S/C17H27NO2/c1-14-5-7-16(8-6-14)12-20-13-17(19)11-18-9-3-4-15(2)10-18/h5-8,15,17,19H,3-4,9-13H2,1-2H3/t15-,17-/m0/s1. The Morgan fingerprint density at radius 3 is 2.80 bits per heavy atom. The zero-order valence-electron chi connectivity index (χ0n) is 12.7. The van der Waals surface area contributed by atoms with E-state index in [2.05, 4.69) is 43.0 Å². The Morgan fingerprint density at radius 1 is 1.35 bits per heavy atom. The van der Waals surface area contributed by atoms with Crippen molar-refractivity contribution < 1.29 is 9.84 Å². The normalized spacial score (nSPS) is 21.9. The van der Waals surface area contributed by atoms with Crippen LogP contribution in [0.4, 0.5) is 0 Å². The lowest BCUT2D eigenvalue weighted by atomic mass is 10.0. The van der Waals surface area contributed by atoms with Crippen molar-refractivity contribution in [2.75, 3.05) is 26.2 Å². The van der Waals surface area contributed by atoms with E-state index in [0.717, 1.165) is 31.1 Å². The van der Waals surface area contributed by atoms with Gasteiger partial charge in [0, 0.05) is 13.1 Å². The Morgan fingerprint density at radius 2 is 2.10 bits per heavy atom. The summed E-state index contributed by atoms with van der Waals surface area (Å²) in [4.78, 5) is 2.36. The number of nitrogens with zero attached hydrogens (tertiary/aromatic N) is 1. The molecule has 0 unspecified atom stereocenters. The van der Waals surface area contributed by atoms with Crippen LogP contribution < -0.4 is 0 Å². The van der Waals surface area contributed by atoms with Crippen LogP contribution in [0, 0.1) is 12.8 Å². The Bertz CT molecular complexity index is 390. The lowest BCUT2D eigenvalue weighted by Gasteiger charge is -2.32. The predicted molar refractivity (Wildman–Crippen MR) is 81.7 cm³/mol. The van der Waals surface area contributed by atoms with Gasteiger partial charge in [0.2, 0.25) is 0 Å². The maximum atomic E-state index is 10.0. The fraction of sp³-hybridized carbons (Fsp3) is 0.647. The van der Waals surface area contributed by atoms with Crippen LogP contribution in [-0.4, -0.2) is 42.4 Å². The van der Waals surface area contributed by atoms with Crippen molar-refractivity contribution in [2.45, 2.75) is 39.4 Å². The molecule has 0 spiro atoms. The molecular formula is C17H27NO2. The lowest BCUT2D eigenvalue weighted by Crippen LogP contribution is -2.40. The summed E-state index contributed by atoms with van der Waals surface area (Å²) in [5.41, 5.74) is 2.42. The maximum absolute atomic E-state index is 10.0. The summed E-state index contributed by atoms with van der Waals surface area (Å²) in [6.45, 7) is 8.31. The molecule has 0 bridgehead atoms. The van der Waals surface area contributed by atoms with Crippen molar-refractivity contribution in [2.24, 2.45) is 5.92 Å². The van der Waals surface area contributed by atoms with Crippen molar-refractivity contribution in [1.29, 1.82) is 0 Å². The zero-order chi connectivity index (χ0) is 14.4. The number of ether oxygens (including phenoxy) is 1. The molecule has 2 rings (SSSR count). The fourth-order valence-electron chi connectivity index (χ4n) is 2.80. The molecule has 0 saturated carbocycles. The first kappa shape index (κ1) is 15.5. The molecule has 2 atom stereocenters. The molecule has 20 heavy (non-hydrogen) atoms. The number of aryl methyl sites for hydroxylation is 1. The van der Waals surface area contributed by atoms with Gasteiger partial charge in [-0.15, -0.1) is 0 Å². The number of rotatable bonds is 6. The van der Waals surface area contributed by atoms with Crippen LogP contribution in [-0.2, 0) is 11.3 Å². The average molecular weight is 277 g/mol. The number of piperidine rings is 1. The molecule has 1 fully saturated rings. The third-order valence-electron chi connectivity index (χ3n) is 3.91. The van der Waals surface area contributed by atoms with E-state index in [0.29, 0.717) is 13.2 Å². The van der Waals surface area contributed by atoms with E-state index >= 15 is 0 Å². The van der Waals surface area contributed by atoms with Gasteiger partial charge in [0.05, 0.1) is 19.3 Å². The van der Waals surface area contributed by atoms with Crippen molar-refractivity contribution in [3.05, 3.63) is 35.4 Å². The molecule has 1 aliphatic heterocycles. The molecule has 1 aromatic carbocycles. The predicted octanol–water partition coefficient (Wildman–Crippen LogP) is 2.60. The van der Waals surface area contributed by atoms with Gasteiger partial charge in [0.25, 0.3) is 0 Å².